The summed E-state index contributed by atoms with van der Waals surface area (Å²) in [6.45, 7) is 1.76. The number of nitrogens with zero attached hydrogens (tertiary/aromatic N) is 2. The van der Waals surface area contributed by atoms with Crippen LogP contribution in [0.2, 0.25) is 0 Å². The number of ether oxygens (including phenoxy) is 3. The number of hydrogen-bond acceptors (Lipinski definition) is 6. The normalized spacial score (nSPS) is 14.2. The lowest BCUT2D eigenvalue weighted by molar-refractivity contribution is -0.131. The van der Waals surface area contributed by atoms with Gasteiger partial charge in [0.15, 0.2) is 11.5 Å². The van der Waals surface area contributed by atoms with E-state index in [1.807, 2.05) is 6.07 Å². The molecule has 1 saturated heterocycles. The highest BCUT2D eigenvalue weighted by molar-refractivity contribution is 5.95. The second kappa shape index (κ2) is 9.67. The lowest BCUT2D eigenvalue weighted by Gasteiger charge is -2.31. The fourth-order valence-electron chi connectivity index (χ4n) is 3.12. The lowest BCUT2D eigenvalue weighted by Crippen LogP contribution is -2.41. The van der Waals surface area contributed by atoms with Crippen molar-refractivity contribution in [2.45, 2.75) is 19.3 Å². The third-order valence-electron chi connectivity index (χ3n) is 4.68. The summed E-state index contributed by atoms with van der Waals surface area (Å²) >= 11 is 0. The third-order valence-corrected chi connectivity index (χ3v) is 4.68. The number of nitrogens with one attached hydrogen (secondary N) is 1. The van der Waals surface area contributed by atoms with Gasteiger partial charge in [-0.05, 0) is 30.9 Å². The molecular weight excluding hydrogens is 350 g/mol. The van der Waals surface area contributed by atoms with Crippen molar-refractivity contribution < 1.29 is 23.8 Å². The van der Waals surface area contributed by atoms with Gasteiger partial charge in [0, 0.05) is 25.2 Å². The Labute approximate surface area is 159 Å². The quantitative estimate of drug-likeness (QED) is 0.777. The molecule has 0 unspecified atom stereocenters. The first-order valence-electron chi connectivity index (χ1n) is 8.77. The number of hydrogen-bond donors (Lipinski definition) is 1. The van der Waals surface area contributed by atoms with Crippen LogP contribution in [0.3, 0.4) is 0 Å². The molecular formula is C19H25N3O5. The Balaban J connectivity index is 1.93. The summed E-state index contributed by atoms with van der Waals surface area (Å²) in [6.07, 6.45) is 1.52. The zero-order chi connectivity index (χ0) is 19.8. The van der Waals surface area contributed by atoms with Crippen molar-refractivity contribution in [2.24, 2.45) is 5.92 Å². The van der Waals surface area contributed by atoms with E-state index in [1.165, 1.54) is 21.3 Å². The van der Waals surface area contributed by atoms with Crippen LogP contribution in [0.4, 0.5) is 0 Å². The van der Waals surface area contributed by atoms with Crippen LogP contribution >= 0.6 is 0 Å². The minimum atomic E-state index is -0.225. The maximum absolute atomic E-state index is 12.5. The number of carbonyl (C=O) groups excluding carboxylic acids is 2. The maximum atomic E-state index is 12.5. The number of nitriles is 1. The molecule has 0 bridgehead atoms. The van der Waals surface area contributed by atoms with Crippen LogP contribution in [0.15, 0.2) is 12.1 Å². The van der Waals surface area contributed by atoms with E-state index in [9.17, 15) is 9.59 Å². The summed E-state index contributed by atoms with van der Waals surface area (Å²) in [7, 11) is 4.51. The van der Waals surface area contributed by atoms with Gasteiger partial charge in [-0.1, -0.05) is 0 Å². The molecule has 2 amide bonds. The number of amides is 2. The summed E-state index contributed by atoms with van der Waals surface area (Å²) in [5.74, 6) is 1.22. The van der Waals surface area contributed by atoms with Gasteiger partial charge in [-0.25, -0.2) is 0 Å². The predicted molar refractivity (Wildman–Crippen MR) is 98.0 cm³/mol. The summed E-state index contributed by atoms with van der Waals surface area (Å²) in [4.78, 5) is 26.0. The van der Waals surface area contributed by atoms with Crippen molar-refractivity contribution in [1.29, 1.82) is 5.26 Å². The average molecular weight is 375 g/mol. The summed E-state index contributed by atoms with van der Waals surface area (Å²) in [5, 5.41) is 11.5. The molecule has 146 valence electrons. The van der Waals surface area contributed by atoms with E-state index in [2.05, 4.69) is 5.32 Å². The van der Waals surface area contributed by atoms with E-state index in [0.717, 1.165) is 12.8 Å². The molecule has 8 heteroatoms. The zero-order valence-electron chi connectivity index (χ0n) is 15.9. The minimum absolute atomic E-state index is 0.0808. The Kier molecular flexibility index (Phi) is 7.29. The van der Waals surface area contributed by atoms with E-state index < -0.39 is 0 Å². The molecule has 1 fully saturated rings. The molecule has 0 aliphatic carbocycles. The minimum Gasteiger partial charge on any atom is -0.493 e. The fourth-order valence-corrected chi connectivity index (χ4v) is 3.12. The molecule has 2 rings (SSSR count). The van der Waals surface area contributed by atoms with Gasteiger partial charge in [-0.3, -0.25) is 9.59 Å². The molecule has 0 radical (unpaired) electrons. The first-order valence-corrected chi connectivity index (χ1v) is 8.77. The smallest absolute Gasteiger partial charge is 0.251 e. The Morgan fingerprint density at radius 2 is 1.74 bits per heavy atom. The number of piperidine rings is 1. The molecule has 1 aromatic rings. The fraction of sp³-hybridized carbons (Fsp3) is 0.526. The van der Waals surface area contributed by atoms with Gasteiger partial charge in [0.2, 0.25) is 11.7 Å². The van der Waals surface area contributed by atoms with Gasteiger partial charge in [-0.15, -0.1) is 0 Å². The monoisotopic (exact) mass is 375 g/mol. The summed E-state index contributed by atoms with van der Waals surface area (Å²) in [5.41, 5.74) is 0.422. The van der Waals surface area contributed by atoms with Crippen molar-refractivity contribution in [1.82, 2.24) is 10.2 Å². The van der Waals surface area contributed by atoms with Crippen molar-refractivity contribution in [3.05, 3.63) is 17.7 Å². The molecule has 1 aliphatic rings. The number of carbonyl (C=O) groups is 2. The van der Waals surface area contributed by atoms with Gasteiger partial charge < -0.3 is 24.4 Å². The van der Waals surface area contributed by atoms with Crippen molar-refractivity contribution in [3.63, 3.8) is 0 Å². The van der Waals surface area contributed by atoms with Crippen molar-refractivity contribution >= 4 is 11.8 Å². The van der Waals surface area contributed by atoms with Crippen molar-refractivity contribution in [2.75, 3.05) is 41.0 Å². The molecule has 1 aliphatic heterocycles. The largest absolute Gasteiger partial charge is 0.493 e. The highest BCUT2D eigenvalue weighted by atomic mass is 16.5. The maximum Gasteiger partial charge on any atom is 0.251 e. The molecule has 1 heterocycles. The Hall–Kier alpha value is -2.95. The van der Waals surface area contributed by atoms with Crippen LogP contribution in [0.1, 0.15) is 29.6 Å². The average Bonchev–Trinajstić information content (AvgIpc) is 2.71. The number of methoxy groups -OCH3 is 3. The predicted octanol–water partition coefficient (Wildman–Crippen LogP) is 1.59. The van der Waals surface area contributed by atoms with E-state index >= 15 is 0 Å². The zero-order valence-corrected chi connectivity index (χ0v) is 15.9. The standard InChI is InChI=1S/C19H25N3O5/c1-25-15-10-14(11-16(26-2)18(15)27-3)19(24)21-12-13-5-8-22(9-6-13)17(23)4-7-20/h10-11,13H,4-6,8-9,12H2,1-3H3,(H,21,24). The molecule has 1 aromatic carbocycles. The molecule has 1 N–H and O–H groups in total. The molecule has 0 saturated carbocycles. The van der Waals surface area contributed by atoms with Crippen LogP contribution in [0.25, 0.3) is 0 Å². The van der Waals surface area contributed by atoms with Crippen LogP contribution in [0.5, 0.6) is 17.2 Å². The van der Waals surface area contributed by atoms with E-state index in [4.69, 9.17) is 19.5 Å². The van der Waals surface area contributed by atoms with Gasteiger partial charge in [0.05, 0.1) is 27.4 Å². The second-order valence-electron chi connectivity index (χ2n) is 6.28. The molecule has 27 heavy (non-hydrogen) atoms. The van der Waals surface area contributed by atoms with Gasteiger partial charge >= 0.3 is 0 Å². The van der Waals surface area contributed by atoms with Gasteiger partial charge in [-0.2, -0.15) is 5.26 Å². The van der Waals surface area contributed by atoms with Crippen LogP contribution < -0.4 is 19.5 Å². The van der Waals surface area contributed by atoms with Crippen LogP contribution in [0, 0.1) is 17.2 Å². The third kappa shape index (κ3) is 5.03. The van der Waals surface area contributed by atoms with Gasteiger partial charge in [0.25, 0.3) is 5.91 Å². The highest BCUT2D eigenvalue weighted by Crippen LogP contribution is 2.38. The number of likely N-dealkylation sites (tertiary alicyclic amines) is 1. The second-order valence-corrected chi connectivity index (χ2v) is 6.28. The SMILES string of the molecule is COc1cc(C(=O)NCC2CCN(C(=O)CC#N)CC2)cc(OC)c1OC. The van der Waals surface area contributed by atoms with E-state index in [0.29, 0.717) is 48.4 Å². The van der Waals surface area contributed by atoms with Crippen molar-refractivity contribution in [3.8, 4) is 23.3 Å². The summed E-state index contributed by atoms with van der Waals surface area (Å²) < 4.78 is 15.8. The lowest BCUT2D eigenvalue weighted by atomic mass is 9.96. The molecule has 8 nitrogen and oxygen atoms in total. The Morgan fingerprint density at radius 3 is 2.22 bits per heavy atom. The number of rotatable bonds is 7. The number of benzene rings is 1. The Bertz CT molecular complexity index is 696. The molecule has 0 atom stereocenters. The Morgan fingerprint density at radius 1 is 1.15 bits per heavy atom. The van der Waals surface area contributed by atoms with Crippen LogP contribution in [-0.2, 0) is 4.79 Å². The highest BCUT2D eigenvalue weighted by Gasteiger charge is 2.23. The van der Waals surface area contributed by atoms with E-state index in [-0.39, 0.29) is 18.2 Å². The summed E-state index contributed by atoms with van der Waals surface area (Å²) in [6, 6.07) is 5.11. The van der Waals surface area contributed by atoms with Gasteiger partial charge in [0.1, 0.15) is 6.42 Å². The van der Waals surface area contributed by atoms with E-state index in [1.54, 1.807) is 17.0 Å². The first kappa shape index (κ1) is 20.4. The topological polar surface area (TPSA) is 101 Å². The first-order chi connectivity index (χ1) is 13.0. The molecule has 0 aromatic heterocycles. The molecule has 0 spiro atoms. The van der Waals surface area contributed by atoms with Crippen LogP contribution in [-0.4, -0.2) is 57.7 Å².